The quantitative estimate of drug-likeness (QED) is 0.920. The number of benzene rings is 1. The van der Waals surface area contributed by atoms with Gasteiger partial charge in [0.25, 0.3) is 0 Å². The standard InChI is InChI=1S/C13H18F2N2O2S/c1-9-6-12(15)13(7-11(9)14)20(18,19)17-5-3-4-10(17)8-16-2/h6-7,10,16H,3-5,8H2,1-2H3/t10-/m1/s1. The predicted molar refractivity (Wildman–Crippen MR) is 71.9 cm³/mol. The molecule has 0 spiro atoms. The minimum absolute atomic E-state index is 0.0923. The number of hydrogen-bond acceptors (Lipinski definition) is 3. The summed E-state index contributed by atoms with van der Waals surface area (Å²) in [4.78, 5) is -0.580. The average Bonchev–Trinajstić information content (AvgIpc) is 2.83. The lowest BCUT2D eigenvalue weighted by atomic mass is 10.2. The summed E-state index contributed by atoms with van der Waals surface area (Å²) in [6, 6.07) is 1.48. The molecule has 112 valence electrons. The molecule has 0 amide bonds. The second kappa shape index (κ2) is 5.75. The smallest absolute Gasteiger partial charge is 0.246 e. The molecule has 1 heterocycles. The van der Waals surface area contributed by atoms with Crippen molar-refractivity contribution >= 4 is 10.0 Å². The van der Waals surface area contributed by atoms with Gasteiger partial charge in [-0.25, -0.2) is 17.2 Å². The third-order valence-electron chi connectivity index (χ3n) is 3.56. The molecular formula is C13H18F2N2O2S. The van der Waals surface area contributed by atoms with E-state index in [0.29, 0.717) is 13.1 Å². The van der Waals surface area contributed by atoms with Gasteiger partial charge in [-0.2, -0.15) is 4.31 Å². The van der Waals surface area contributed by atoms with E-state index in [-0.39, 0.29) is 11.6 Å². The van der Waals surface area contributed by atoms with Crippen LogP contribution in [0.25, 0.3) is 0 Å². The first-order chi connectivity index (χ1) is 9.37. The van der Waals surface area contributed by atoms with Crippen LogP contribution in [0.5, 0.6) is 0 Å². The van der Waals surface area contributed by atoms with E-state index in [1.165, 1.54) is 11.2 Å². The van der Waals surface area contributed by atoms with Gasteiger partial charge in [0, 0.05) is 19.1 Å². The van der Waals surface area contributed by atoms with Crippen molar-refractivity contribution in [3.63, 3.8) is 0 Å². The maximum absolute atomic E-state index is 13.9. The summed E-state index contributed by atoms with van der Waals surface area (Å²) in [6.45, 7) is 2.23. The monoisotopic (exact) mass is 304 g/mol. The molecule has 0 aromatic heterocycles. The van der Waals surface area contributed by atoms with Crippen LogP contribution in [0.1, 0.15) is 18.4 Å². The minimum Gasteiger partial charge on any atom is -0.318 e. The fourth-order valence-electron chi connectivity index (χ4n) is 2.52. The van der Waals surface area contributed by atoms with Gasteiger partial charge in [-0.3, -0.25) is 0 Å². The van der Waals surface area contributed by atoms with Gasteiger partial charge in [-0.1, -0.05) is 0 Å². The van der Waals surface area contributed by atoms with Crippen LogP contribution < -0.4 is 5.32 Å². The van der Waals surface area contributed by atoms with Crippen molar-refractivity contribution in [2.45, 2.75) is 30.7 Å². The molecule has 0 unspecified atom stereocenters. The third kappa shape index (κ3) is 2.70. The SMILES string of the molecule is CNC[C@H]1CCCN1S(=O)(=O)c1cc(F)c(C)cc1F. The van der Waals surface area contributed by atoms with Crippen LogP contribution in [0.15, 0.2) is 17.0 Å². The molecule has 7 heteroatoms. The molecule has 1 aliphatic heterocycles. The van der Waals surface area contributed by atoms with Crippen LogP contribution in [-0.4, -0.2) is 38.9 Å². The van der Waals surface area contributed by atoms with Crippen molar-refractivity contribution in [2.24, 2.45) is 0 Å². The Morgan fingerprint density at radius 3 is 2.70 bits per heavy atom. The molecule has 1 aromatic rings. The predicted octanol–water partition coefficient (Wildman–Crippen LogP) is 1.65. The van der Waals surface area contributed by atoms with Crippen molar-refractivity contribution in [2.75, 3.05) is 20.1 Å². The third-order valence-corrected chi connectivity index (χ3v) is 5.53. The van der Waals surface area contributed by atoms with Crippen LogP contribution in [0, 0.1) is 18.6 Å². The van der Waals surface area contributed by atoms with Gasteiger partial charge in [-0.05, 0) is 44.5 Å². The highest BCUT2D eigenvalue weighted by Gasteiger charge is 2.36. The van der Waals surface area contributed by atoms with Crippen LogP contribution in [0.3, 0.4) is 0 Å². The molecule has 0 radical (unpaired) electrons. The Hall–Kier alpha value is -1.05. The summed E-state index contributed by atoms with van der Waals surface area (Å²) in [5, 5.41) is 2.92. The van der Waals surface area contributed by atoms with Gasteiger partial charge < -0.3 is 5.32 Å². The molecule has 4 nitrogen and oxygen atoms in total. The summed E-state index contributed by atoms with van der Waals surface area (Å²) in [7, 11) is -2.27. The summed E-state index contributed by atoms with van der Waals surface area (Å²) in [6.07, 6.45) is 1.44. The number of hydrogen-bond donors (Lipinski definition) is 1. The number of likely N-dealkylation sites (N-methyl/N-ethyl adjacent to an activating group) is 1. The molecular weight excluding hydrogens is 286 g/mol. The van der Waals surface area contributed by atoms with Gasteiger partial charge >= 0.3 is 0 Å². The Kier molecular flexibility index (Phi) is 4.41. The molecule has 2 rings (SSSR count). The molecule has 1 aromatic carbocycles. The molecule has 1 atom stereocenters. The van der Waals surface area contributed by atoms with Crippen molar-refractivity contribution < 1.29 is 17.2 Å². The molecule has 0 saturated carbocycles. The number of nitrogens with one attached hydrogen (secondary N) is 1. The molecule has 1 aliphatic rings. The minimum atomic E-state index is -4.00. The van der Waals surface area contributed by atoms with Gasteiger partial charge in [0.2, 0.25) is 10.0 Å². The Morgan fingerprint density at radius 1 is 1.35 bits per heavy atom. The highest BCUT2D eigenvalue weighted by atomic mass is 32.2. The van der Waals surface area contributed by atoms with E-state index in [1.54, 1.807) is 7.05 Å². The van der Waals surface area contributed by atoms with E-state index < -0.39 is 26.6 Å². The summed E-state index contributed by atoms with van der Waals surface area (Å²) in [5.74, 6) is -1.62. The van der Waals surface area contributed by atoms with E-state index in [1.807, 2.05) is 0 Å². The second-order valence-corrected chi connectivity index (χ2v) is 6.86. The summed E-state index contributed by atoms with van der Waals surface area (Å²) in [5.41, 5.74) is 0.0923. The van der Waals surface area contributed by atoms with Gasteiger partial charge in [0.15, 0.2) is 0 Å². The van der Waals surface area contributed by atoms with Crippen molar-refractivity contribution in [3.05, 3.63) is 29.3 Å². The Morgan fingerprint density at radius 2 is 2.05 bits per heavy atom. The van der Waals surface area contributed by atoms with Crippen LogP contribution in [0.2, 0.25) is 0 Å². The maximum Gasteiger partial charge on any atom is 0.246 e. The van der Waals surface area contributed by atoms with Crippen LogP contribution >= 0.6 is 0 Å². The lowest BCUT2D eigenvalue weighted by Gasteiger charge is -2.24. The molecule has 1 N–H and O–H groups in total. The van der Waals surface area contributed by atoms with Crippen molar-refractivity contribution in [1.82, 2.24) is 9.62 Å². The van der Waals surface area contributed by atoms with Gasteiger partial charge in [0.1, 0.15) is 16.5 Å². The zero-order valence-corrected chi connectivity index (χ0v) is 12.3. The zero-order valence-electron chi connectivity index (χ0n) is 11.5. The van der Waals surface area contributed by atoms with E-state index in [9.17, 15) is 17.2 Å². The lowest BCUT2D eigenvalue weighted by molar-refractivity contribution is 0.376. The summed E-state index contributed by atoms with van der Waals surface area (Å²) < 4.78 is 53.7. The van der Waals surface area contributed by atoms with Gasteiger partial charge in [0.05, 0.1) is 0 Å². The van der Waals surface area contributed by atoms with Crippen LogP contribution in [0.4, 0.5) is 8.78 Å². The number of nitrogens with zero attached hydrogens (tertiary/aromatic N) is 1. The first-order valence-electron chi connectivity index (χ1n) is 6.50. The molecule has 1 saturated heterocycles. The Balaban J connectivity index is 2.42. The van der Waals surface area contributed by atoms with E-state index in [0.717, 1.165) is 25.0 Å². The average molecular weight is 304 g/mol. The largest absolute Gasteiger partial charge is 0.318 e. The molecule has 0 bridgehead atoms. The topological polar surface area (TPSA) is 49.4 Å². The fourth-order valence-corrected chi connectivity index (χ4v) is 4.27. The van der Waals surface area contributed by atoms with Crippen molar-refractivity contribution in [3.8, 4) is 0 Å². The molecule has 1 fully saturated rings. The van der Waals surface area contributed by atoms with E-state index in [2.05, 4.69) is 5.32 Å². The summed E-state index contributed by atoms with van der Waals surface area (Å²) >= 11 is 0. The van der Waals surface area contributed by atoms with Gasteiger partial charge in [-0.15, -0.1) is 0 Å². The highest BCUT2D eigenvalue weighted by Crippen LogP contribution is 2.28. The number of aryl methyl sites for hydroxylation is 1. The number of rotatable bonds is 4. The lowest BCUT2D eigenvalue weighted by Crippen LogP contribution is -2.41. The normalized spacial score (nSPS) is 20.5. The van der Waals surface area contributed by atoms with E-state index >= 15 is 0 Å². The Labute approximate surface area is 117 Å². The first kappa shape index (κ1) is 15.3. The zero-order chi connectivity index (χ0) is 14.9. The number of sulfonamides is 1. The first-order valence-corrected chi connectivity index (χ1v) is 7.94. The number of halogens is 2. The van der Waals surface area contributed by atoms with E-state index in [4.69, 9.17) is 0 Å². The highest BCUT2D eigenvalue weighted by molar-refractivity contribution is 7.89. The molecule has 20 heavy (non-hydrogen) atoms. The van der Waals surface area contributed by atoms with Crippen molar-refractivity contribution in [1.29, 1.82) is 0 Å². The maximum atomic E-state index is 13.9. The van der Waals surface area contributed by atoms with Crippen LogP contribution in [-0.2, 0) is 10.0 Å². The fraction of sp³-hybridized carbons (Fsp3) is 0.538. The Bertz CT molecular complexity index is 605. The molecule has 0 aliphatic carbocycles. The second-order valence-electron chi connectivity index (χ2n) is 5.00.